The van der Waals surface area contributed by atoms with Crippen LogP contribution in [0.5, 0.6) is 6.01 Å². The van der Waals surface area contributed by atoms with Crippen LogP contribution in [0.1, 0.15) is 22.8 Å². The fourth-order valence-corrected chi connectivity index (χ4v) is 3.15. The summed E-state index contributed by atoms with van der Waals surface area (Å²) in [5.74, 6) is -0.671. The van der Waals surface area contributed by atoms with Crippen molar-refractivity contribution in [2.45, 2.75) is 13.8 Å². The number of nitrogens with zero attached hydrogens (tertiary/aromatic N) is 3. The topological polar surface area (TPSA) is 69.0 Å². The number of nitrogens with one attached hydrogen (secondary N) is 1. The van der Waals surface area contributed by atoms with E-state index in [2.05, 4.69) is 15.4 Å². The standard InChI is InChI=1S/C24H20F2N4O2/c1-3-32-24-28-22(16-5-4-6-18(25)14-16)30(29-24)20-10-8-19(9-11-20)27-23(31)17-7-12-21(26)15(2)13-17/h4-14H,3H2,1-2H3,(H,27,31). The number of aromatic nitrogens is 3. The average Bonchev–Trinajstić information content (AvgIpc) is 3.20. The zero-order valence-electron chi connectivity index (χ0n) is 17.5. The number of anilines is 1. The highest BCUT2D eigenvalue weighted by molar-refractivity contribution is 6.04. The molecule has 4 aromatic rings. The zero-order valence-corrected chi connectivity index (χ0v) is 17.5. The van der Waals surface area contributed by atoms with E-state index in [9.17, 15) is 13.6 Å². The first kappa shape index (κ1) is 21.2. The Balaban J connectivity index is 1.61. The molecule has 4 rings (SSSR count). The summed E-state index contributed by atoms with van der Waals surface area (Å²) in [6, 6.07) is 17.3. The lowest BCUT2D eigenvalue weighted by molar-refractivity contribution is 0.102. The van der Waals surface area contributed by atoms with Crippen LogP contribution in [0.3, 0.4) is 0 Å². The van der Waals surface area contributed by atoms with E-state index in [0.717, 1.165) is 0 Å². The van der Waals surface area contributed by atoms with Gasteiger partial charge in [-0.05, 0) is 74.0 Å². The molecule has 1 N–H and O–H groups in total. The van der Waals surface area contributed by atoms with E-state index in [1.54, 1.807) is 48.0 Å². The molecular formula is C24H20F2N4O2. The van der Waals surface area contributed by atoms with E-state index in [0.29, 0.717) is 40.5 Å². The molecule has 0 spiro atoms. The molecule has 1 aromatic heterocycles. The third-order valence-electron chi connectivity index (χ3n) is 4.73. The number of amides is 1. The largest absolute Gasteiger partial charge is 0.463 e. The number of benzene rings is 3. The summed E-state index contributed by atoms with van der Waals surface area (Å²) < 4.78 is 34.2. The highest BCUT2D eigenvalue weighted by atomic mass is 19.1. The van der Waals surface area contributed by atoms with Crippen LogP contribution in [0.4, 0.5) is 14.5 Å². The lowest BCUT2D eigenvalue weighted by Crippen LogP contribution is -2.12. The van der Waals surface area contributed by atoms with Gasteiger partial charge in [0.15, 0.2) is 5.82 Å². The van der Waals surface area contributed by atoms with Crippen molar-refractivity contribution in [2.75, 3.05) is 11.9 Å². The van der Waals surface area contributed by atoms with Crippen LogP contribution < -0.4 is 10.1 Å². The Morgan fingerprint density at radius 2 is 1.84 bits per heavy atom. The molecule has 3 aromatic carbocycles. The summed E-state index contributed by atoms with van der Waals surface area (Å²) in [5.41, 5.74) is 2.51. The summed E-state index contributed by atoms with van der Waals surface area (Å²) in [7, 11) is 0. The number of hydrogen-bond donors (Lipinski definition) is 1. The summed E-state index contributed by atoms with van der Waals surface area (Å²) in [5, 5.41) is 7.15. The number of hydrogen-bond acceptors (Lipinski definition) is 4. The molecular weight excluding hydrogens is 414 g/mol. The lowest BCUT2D eigenvalue weighted by Gasteiger charge is -2.09. The van der Waals surface area contributed by atoms with Crippen LogP contribution in [-0.4, -0.2) is 27.3 Å². The minimum atomic E-state index is -0.385. The first-order valence-corrected chi connectivity index (χ1v) is 9.98. The Kier molecular flexibility index (Phi) is 5.93. The van der Waals surface area contributed by atoms with Crippen molar-refractivity contribution in [3.8, 4) is 23.1 Å². The summed E-state index contributed by atoms with van der Waals surface area (Å²) in [4.78, 5) is 16.8. The van der Waals surface area contributed by atoms with E-state index >= 15 is 0 Å². The molecule has 8 heteroatoms. The van der Waals surface area contributed by atoms with Gasteiger partial charge in [0.25, 0.3) is 5.91 Å². The van der Waals surface area contributed by atoms with Crippen molar-refractivity contribution < 1.29 is 18.3 Å². The highest BCUT2D eigenvalue weighted by Crippen LogP contribution is 2.25. The molecule has 0 saturated heterocycles. The van der Waals surface area contributed by atoms with Gasteiger partial charge in [0.1, 0.15) is 11.6 Å². The van der Waals surface area contributed by atoms with Crippen LogP contribution in [0.2, 0.25) is 0 Å². The number of ether oxygens (including phenoxy) is 1. The Morgan fingerprint density at radius 3 is 2.53 bits per heavy atom. The fraction of sp³-hybridized carbons (Fsp3) is 0.125. The maximum absolute atomic E-state index is 13.8. The third-order valence-corrected chi connectivity index (χ3v) is 4.73. The number of carbonyl (C=O) groups is 1. The van der Waals surface area contributed by atoms with E-state index in [-0.39, 0.29) is 23.6 Å². The van der Waals surface area contributed by atoms with Gasteiger partial charge in [0, 0.05) is 16.8 Å². The predicted molar refractivity (Wildman–Crippen MR) is 117 cm³/mol. The number of rotatable bonds is 6. The molecule has 0 saturated carbocycles. The molecule has 32 heavy (non-hydrogen) atoms. The van der Waals surface area contributed by atoms with Gasteiger partial charge < -0.3 is 10.1 Å². The van der Waals surface area contributed by atoms with Gasteiger partial charge >= 0.3 is 6.01 Å². The summed E-state index contributed by atoms with van der Waals surface area (Å²) in [6.45, 7) is 3.81. The van der Waals surface area contributed by atoms with E-state index in [4.69, 9.17) is 4.74 Å². The monoisotopic (exact) mass is 434 g/mol. The molecule has 0 bridgehead atoms. The molecule has 162 valence electrons. The second kappa shape index (κ2) is 8.97. The Bertz CT molecular complexity index is 1270. The molecule has 0 atom stereocenters. The minimum absolute atomic E-state index is 0.177. The molecule has 0 unspecified atom stereocenters. The molecule has 0 aliphatic rings. The molecule has 0 radical (unpaired) electrons. The van der Waals surface area contributed by atoms with Crippen molar-refractivity contribution in [2.24, 2.45) is 0 Å². The van der Waals surface area contributed by atoms with Gasteiger partial charge in [-0.2, -0.15) is 4.98 Å². The van der Waals surface area contributed by atoms with E-state index in [1.165, 1.54) is 30.3 Å². The Labute approximate surface area is 183 Å². The van der Waals surface area contributed by atoms with E-state index < -0.39 is 0 Å². The Hall–Kier alpha value is -4.07. The van der Waals surface area contributed by atoms with Crippen LogP contribution in [-0.2, 0) is 0 Å². The maximum atomic E-state index is 13.8. The molecule has 6 nitrogen and oxygen atoms in total. The van der Waals surface area contributed by atoms with Gasteiger partial charge in [-0.25, -0.2) is 13.5 Å². The second-order valence-electron chi connectivity index (χ2n) is 7.04. The van der Waals surface area contributed by atoms with Crippen LogP contribution in [0.15, 0.2) is 66.7 Å². The lowest BCUT2D eigenvalue weighted by atomic mass is 10.1. The van der Waals surface area contributed by atoms with Crippen molar-refractivity contribution >= 4 is 11.6 Å². The number of carbonyl (C=O) groups excluding carboxylic acids is 1. The normalized spacial score (nSPS) is 10.8. The first-order valence-electron chi connectivity index (χ1n) is 9.98. The van der Waals surface area contributed by atoms with Crippen molar-refractivity contribution in [1.82, 2.24) is 14.8 Å². The Morgan fingerprint density at radius 1 is 1.06 bits per heavy atom. The van der Waals surface area contributed by atoms with Crippen molar-refractivity contribution in [1.29, 1.82) is 0 Å². The SMILES string of the molecule is CCOc1nc(-c2cccc(F)c2)n(-c2ccc(NC(=O)c3ccc(F)c(C)c3)cc2)n1. The van der Waals surface area contributed by atoms with Gasteiger partial charge in [0.2, 0.25) is 0 Å². The van der Waals surface area contributed by atoms with Crippen LogP contribution >= 0.6 is 0 Å². The molecule has 1 amide bonds. The third kappa shape index (κ3) is 4.49. The quantitative estimate of drug-likeness (QED) is 0.455. The first-order chi connectivity index (χ1) is 15.4. The molecule has 0 aliphatic heterocycles. The highest BCUT2D eigenvalue weighted by Gasteiger charge is 2.15. The minimum Gasteiger partial charge on any atom is -0.463 e. The second-order valence-corrected chi connectivity index (χ2v) is 7.04. The van der Waals surface area contributed by atoms with Crippen molar-refractivity contribution in [3.05, 3.63) is 89.5 Å². The van der Waals surface area contributed by atoms with Crippen molar-refractivity contribution in [3.63, 3.8) is 0 Å². The average molecular weight is 434 g/mol. The predicted octanol–water partition coefficient (Wildman–Crippen LogP) is 5.17. The van der Waals surface area contributed by atoms with Crippen LogP contribution in [0.25, 0.3) is 17.1 Å². The van der Waals surface area contributed by atoms with Crippen LogP contribution in [0, 0.1) is 18.6 Å². The maximum Gasteiger partial charge on any atom is 0.336 e. The summed E-state index contributed by atoms with van der Waals surface area (Å²) in [6.07, 6.45) is 0. The van der Waals surface area contributed by atoms with Gasteiger partial charge in [-0.15, -0.1) is 5.10 Å². The van der Waals surface area contributed by atoms with Gasteiger partial charge in [-0.1, -0.05) is 12.1 Å². The van der Waals surface area contributed by atoms with Gasteiger partial charge in [0.05, 0.1) is 12.3 Å². The summed E-state index contributed by atoms with van der Waals surface area (Å²) >= 11 is 0. The van der Waals surface area contributed by atoms with Gasteiger partial charge in [-0.3, -0.25) is 4.79 Å². The molecule has 0 fully saturated rings. The number of halogens is 2. The smallest absolute Gasteiger partial charge is 0.336 e. The number of aryl methyl sites for hydroxylation is 1. The van der Waals surface area contributed by atoms with E-state index in [1.807, 2.05) is 6.92 Å². The zero-order chi connectivity index (χ0) is 22.7. The fourth-order valence-electron chi connectivity index (χ4n) is 3.15. The molecule has 0 aliphatic carbocycles. The molecule has 1 heterocycles.